The topological polar surface area (TPSA) is 86.7 Å². The smallest absolute Gasteiger partial charge is 0.164 e. The number of anilines is 1. The number of hydrogen-bond acceptors (Lipinski definition) is 5. The second-order valence-electron chi connectivity index (χ2n) is 7.55. The van der Waals surface area contributed by atoms with Gasteiger partial charge in [0.1, 0.15) is 17.8 Å². The fourth-order valence-corrected chi connectivity index (χ4v) is 4.22. The molecule has 1 aliphatic rings. The highest BCUT2D eigenvalue weighted by molar-refractivity contribution is 6.00. The van der Waals surface area contributed by atoms with Crippen LogP contribution in [0.4, 0.5) is 5.82 Å². The third-order valence-corrected chi connectivity index (χ3v) is 5.73. The zero-order valence-corrected chi connectivity index (χ0v) is 16.2. The van der Waals surface area contributed by atoms with Crippen LogP contribution in [0.25, 0.3) is 22.3 Å². The van der Waals surface area contributed by atoms with E-state index in [0.717, 1.165) is 41.6 Å². The van der Waals surface area contributed by atoms with Crippen molar-refractivity contribution in [3.63, 3.8) is 0 Å². The van der Waals surface area contributed by atoms with E-state index in [1.165, 1.54) is 17.5 Å². The van der Waals surface area contributed by atoms with Gasteiger partial charge >= 0.3 is 0 Å². The normalized spacial score (nSPS) is 16.0. The largest absolute Gasteiger partial charge is 0.383 e. The van der Waals surface area contributed by atoms with Gasteiger partial charge in [-0.3, -0.25) is 4.79 Å². The van der Waals surface area contributed by atoms with Gasteiger partial charge in [0, 0.05) is 11.1 Å². The number of nitrogens with zero attached hydrogens (tertiary/aromatic N) is 4. The average Bonchev–Trinajstić information content (AvgIpc) is 3.14. The summed E-state index contributed by atoms with van der Waals surface area (Å²) in [6.45, 7) is 1.56. The summed E-state index contributed by atoms with van der Waals surface area (Å²) in [5.41, 5.74) is 12.0. The van der Waals surface area contributed by atoms with Crippen LogP contribution in [0.1, 0.15) is 40.9 Å². The maximum Gasteiger partial charge on any atom is 0.164 e. The van der Waals surface area contributed by atoms with Crippen LogP contribution in [0.3, 0.4) is 0 Å². The summed E-state index contributed by atoms with van der Waals surface area (Å²) in [6, 6.07) is 16.2. The molecule has 0 bridgehead atoms. The molecule has 2 N–H and O–H groups in total. The maximum atomic E-state index is 11.9. The predicted octanol–water partition coefficient (Wildman–Crippen LogP) is 4.01. The highest BCUT2D eigenvalue weighted by atomic mass is 16.1. The number of rotatable bonds is 3. The Kier molecular flexibility index (Phi) is 4.12. The molecule has 1 unspecified atom stereocenters. The van der Waals surface area contributed by atoms with Gasteiger partial charge in [0.2, 0.25) is 0 Å². The molecule has 144 valence electrons. The molecule has 4 aromatic rings. The molecular weight excluding hydrogens is 362 g/mol. The van der Waals surface area contributed by atoms with Crippen molar-refractivity contribution in [3.8, 4) is 11.3 Å². The maximum absolute atomic E-state index is 11.9. The standard InChI is InChI=1S/C23H21N5O/c1-14(29)16-7-4-8-18(11-16)21-20-22(24)25-13-26-23(20)28(27-21)19-10-9-15-5-2-3-6-17(15)12-19/h2-8,11,13,19H,9-10,12H2,1H3,(H2,24,25,26). The summed E-state index contributed by atoms with van der Waals surface area (Å²) >= 11 is 0. The second kappa shape index (κ2) is 6.81. The van der Waals surface area contributed by atoms with Crippen LogP contribution < -0.4 is 5.73 Å². The number of benzene rings is 2. The highest BCUT2D eigenvalue weighted by Gasteiger charge is 2.25. The Labute approximate surface area is 168 Å². The van der Waals surface area contributed by atoms with Gasteiger partial charge in [0.25, 0.3) is 0 Å². The van der Waals surface area contributed by atoms with Crippen molar-refractivity contribution in [1.29, 1.82) is 0 Å². The molecule has 2 heterocycles. The molecule has 5 rings (SSSR count). The van der Waals surface area contributed by atoms with Gasteiger partial charge in [-0.25, -0.2) is 14.6 Å². The Bertz CT molecular complexity index is 1240. The molecule has 29 heavy (non-hydrogen) atoms. The van der Waals surface area contributed by atoms with Gasteiger partial charge in [0.15, 0.2) is 11.4 Å². The van der Waals surface area contributed by atoms with Crippen LogP contribution in [0.5, 0.6) is 0 Å². The van der Waals surface area contributed by atoms with Crippen molar-refractivity contribution in [3.05, 3.63) is 71.5 Å². The van der Waals surface area contributed by atoms with Crippen LogP contribution in [-0.4, -0.2) is 25.5 Å². The molecule has 0 amide bonds. The van der Waals surface area contributed by atoms with E-state index in [0.29, 0.717) is 11.4 Å². The molecule has 6 nitrogen and oxygen atoms in total. The Morgan fingerprint density at radius 3 is 2.76 bits per heavy atom. The predicted molar refractivity (Wildman–Crippen MR) is 113 cm³/mol. The second-order valence-corrected chi connectivity index (χ2v) is 7.55. The van der Waals surface area contributed by atoms with E-state index in [2.05, 4.69) is 34.2 Å². The third-order valence-electron chi connectivity index (χ3n) is 5.73. The summed E-state index contributed by atoms with van der Waals surface area (Å²) in [5, 5.41) is 5.68. The first kappa shape index (κ1) is 17.6. The van der Waals surface area contributed by atoms with Gasteiger partial charge in [0.05, 0.1) is 11.4 Å². The van der Waals surface area contributed by atoms with E-state index in [4.69, 9.17) is 10.8 Å². The van der Waals surface area contributed by atoms with Crippen LogP contribution in [-0.2, 0) is 12.8 Å². The Morgan fingerprint density at radius 1 is 1.10 bits per heavy atom. The monoisotopic (exact) mass is 383 g/mol. The summed E-state index contributed by atoms with van der Waals surface area (Å²) in [7, 11) is 0. The lowest BCUT2D eigenvalue weighted by Gasteiger charge is -2.25. The average molecular weight is 383 g/mol. The summed E-state index contributed by atoms with van der Waals surface area (Å²) in [4.78, 5) is 20.6. The van der Waals surface area contributed by atoms with Crippen LogP contribution in [0.15, 0.2) is 54.9 Å². The van der Waals surface area contributed by atoms with Gasteiger partial charge < -0.3 is 5.73 Å². The van der Waals surface area contributed by atoms with E-state index >= 15 is 0 Å². The quantitative estimate of drug-likeness (QED) is 0.540. The van der Waals surface area contributed by atoms with Crippen molar-refractivity contribution >= 4 is 22.6 Å². The Hall–Kier alpha value is -3.54. The molecule has 0 radical (unpaired) electrons. The van der Waals surface area contributed by atoms with E-state index < -0.39 is 0 Å². The summed E-state index contributed by atoms with van der Waals surface area (Å²) < 4.78 is 2.00. The zero-order chi connectivity index (χ0) is 20.0. The Balaban J connectivity index is 1.66. The Morgan fingerprint density at radius 2 is 1.93 bits per heavy atom. The SMILES string of the molecule is CC(=O)c1cccc(-c2nn(C3CCc4ccccc4C3)c3ncnc(N)c23)c1. The van der Waals surface area contributed by atoms with Gasteiger partial charge in [-0.15, -0.1) is 0 Å². The molecule has 0 fully saturated rings. The number of aryl methyl sites for hydroxylation is 1. The first-order valence-electron chi connectivity index (χ1n) is 9.78. The van der Waals surface area contributed by atoms with E-state index in [1.54, 1.807) is 6.92 Å². The molecule has 0 aliphatic heterocycles. The van der Waals surface area contributed by atoms with E-state index in [9.17, 15) is 4.79 Å². The third kappa shape index (κ3) is 2.97. The molecule has 0 spiro atoms. The molecule has 2 aromatic carbocycles. The summed E-state index contributed by atoms with van der Waals surface area (Å²) in [6.07, 6.45) is 4.40. The minimum atomic E-state index is 0.0173. The van der Waals surface area contributed by atoms with E-state index in [-0.39, 0.29) is 11.8 Å². The van der Waals surface area contributed by atoms with Gasteiger partial charge in [-0.05, 0) is 43.4 Å². The number of nitrogens with two attached hydrogens (primary N) is 1. The highest BCUT2D eigenvalue weighted by Crippen LogP contribution is 2.35. The minimum Gasteiger partial charge on any atom is -0.383 e. The number of carbonyl (C=O) groups is 1. The van der Waals surface area contributed by atoms with E-state index in [1.807, 2.05) is 28.9 Å². The molecule has 1 atom stereocenters. The number of aromatic nitrogens is 4. The fourth-order valence-electron chi connectivity index (χ4n) is 4.22. The number of carbonyl (C=O) groups excluding carboxylic acids is 1. The van der Waals surface area contributed by atoms with Crippen LogP contribution in [0.2, 0.25) is 0 Å². The number of hydrogen-bond donors (Lipinski definition) is 1. The molecule has 1 aliphatic carbocycles. The van der Waals surface area contributed by atoms with Crippen LogP contribution >= 0.6 is 0 Å². The van der Waals surface area contributed by atoms with Gasteiger partial charge in [-0.1, -0.05) is 42.5 Å². The molecular formula is C23H21N5O. The van der Waals surface area contributed by atoms with Crippen molar-refractivity contribution in [2.45, 2.75) is 32.2 Å². The fraction of sp³-hybridized carbons (Fsp3) is 0.217. The minimum absolute atomic E-state index is 0.0173. The zero-order valence-electron chi connectivity index (χ0n) is 16.2. The molecule has 0 saturated carbocycles. The van der Waals surface area contributed by atoms with Crippen LogP contribution in [0, 0.1) is 0 Å². The first-order chi connectivity index (χ1) is 14.1. The lowest BCUT2D eigenvalue weighted by molar-refractivity contribution is 0.101. The lowest BCUT2D eigenvalue weighted by Crippen LogP contribution is -2.20. The lowest BCUT2D eigenvalue weighted by atomic mass is 9.88. The molecule has 2 aromatic heterocycles. The van der Waals surface area contributed by atoms with Crippen molar-refractivity contribution in [2.75, 3.05) is 5.73 Å². The first-order valence-corrected chi connectivity index (χ1v) is 9.78. The number of fused-ring (bicyclic) bond motifs is 2. The number of ketones is 1. The molecule has 6 heteroatoms. The summed E-state index contributed by atoms with van der Waals surface area (Å²) in [5.74, 6) is 0.421. The van der Waals surface area contributed by atoms with Crippen molar-refractivity contribution in [1.82, 2.24) is 19.7 Å². The number of nitrogen functional groups attached to an aromatic ring is 1. The van der Waals surface area contributed by atoms with Crippen molar-refractivity contribution in [2.24, 2.45) is 0 Å². The van der Waals surface area contributed by atoms with Crippen molar-refractivity contribution < 1.29 is 4.79 Å². The number of Topliss-reactive ketones (excluding diaryl/α,β-unsaturated/α-hetero) is 1. The molecule has 0 saturated heterocycles. The van der Waals surface area contributed by atoms with Gasteiger partial charge in [-0.2, -0.15) is 5.10 Å².